The molecule has 1 aliphatic heterocycles. The van der Waals surface area contributed by atoms with E-state index < -0.39 is 36.7 Å². The number of halogens is 2. The number of alkyl halides is 2. The molecule has 1 N–H and O–H groups in total. The molecule has 0 unspecified atom stereocenters. The molecule has 1 amide bonds. The van der Waals surface area contributed by atoms with Crippen LogP contribution in [0, 0.1) is 0 Å². The number of aromatic carboxylic acids is 1. The van der Waals surface area contributed by atoms with Crippen LogP contribution < -0.4 is 0 Å². The van der Waals surface area contributed by atoms with Crippen molar-refractivity contribution in [2.75, 3.05) is 32.7 Å². The monoisotopic (exact) mass is 450 g/mol. The quantitative estimate of drug-likeness (QED) is 0.726. The van der Waals surface area contributed by atoms with Crippen LogP contribution in [0.5, 0.6) is 0 Å². The van der Waals surface area contributed by atoms with Crippen molar-refractivity contribution in [1.82, 2.24) is 19.6 Å². The van der Waals surface area contributed by atoms with Gasteiger partial charge in [-0.15, -0.1) is 0 Å². The fraction of sp³-hybridized carbons (Fsp3) is 0.500. The third kappa shape index (κ3) is 6.49. The van der Waals surface area contributed by atoms with Crippen LogP contribution in [-0.4, -0.2) is 81.0 Å². The summed E-state index contributed by atoms with van der Waals surface area (Å²) in [5, 5.41) is 13.0. The van der Waals surface area contributed by atoms with Crippen LogP contribution in [0.25, 0.3) is 11.1 Å². The third-order valence-electron chi connectivity index (χ3n) is 4.97. The largest absolute Gasteiger partial charge is 0.478 e. The van der Waals surface area contributed by atoms with Gasteiger partial charge in [-0.3, -0.25) is 9.58 Å². The van der Waals surface area contributed by atoms with E-state index in [-0.39, 0.29) is 5.56 Å². The van der Waals surface area contributed by atoms with E-state index >= 15 is 0 Å². The van der Waals surface area contributed by atoms with Gasteiger partial charge in [-0.05, 0) is 38.5 Å². The minimum Gasteiger partial charge on any atom is -0.478 e. The van der Waals surface area contributed by atoms with Crippen molar-refractivity contribution in [3.63, 3.8) is 0 Å². The van der Waals surface area contributed by atoms with Gasteiger partial charge in [0.2, 0.25) is 0 Å². The van der Waals surface area contributed by atoms with E-state index in [0.717, 1.165) is 0 Å². The minimum absolute atomic E-state index is 0.152. The summed E-state index contributed by atoms with van der Waals surface area (Å²) in [6.07, 6.45) is 2.57. The summed E-state index contributed by atoms with van der Waals surface area (Å²) in [6, 6.07) is 6.15. The van der Waals surface area contributed by atoms with Crippen LogP contribution >= 0.6 is 0 Å². The molecule has 3 rings (SSSR count). The number of carboxylic acids is 1. The molecule has 0 aliphatic carbocycles. The Balaban J connectivity index is 1.53. The maximum Gasteiger partial charge on any atom is 0.410 e. The molecule has 1 saturated heterocycles. The Morgan fingerprint density at radius 2 is 1.66 bits per heavy atom. The number of aromatic nitrogens is 2. The first kappa shape index (κ1) is 23.6. The van der Waals surface area contributed by atoms with Gasteiger partial charge < -0.3 is 14.7 Å². The van der Waals surface area contributed by atoms with Gasteiger partial charge in [0, 0.05) is 37.9 Å². The van der Waals surface area contributed by atoms with Crippen LogP contribution in [0.1, 0.15) is 31.1 Å². The van der Waals surface area contributed by atoms with Crippen molar-refractivity contribution in [1.29, 1.82) is 0 Å². The molecule has 8 nitrogen and oxygen atoms in total. The lowest BCUT2D eigenvalue weighted by molar-refractivity contribution is -0.0576. The van der Waals surface area contributed by atoms with E-state index in [1.165, 1.54) is 34.1 Å². The van der Waals surface area contributed by atoms with E-state index in [1.807, 2.05) is 0 Å². The molecule has 174 valence electrons. The SMILES string of the molecule is CC(C)(C)OC(=O)N1CCN(CC(F)(F)Cn2cc(-c3ccc(C(=O)O)cc3)cn2)CC1. The summed E-state index contributed by atoms with van der Waals surface area (Å²) in [5.41, 5.74) is 0.883. The van der Waals surface area contributed by atoms with E-state index in [4.69, 9.17) is 9.84 Å². The summed E-state index contributed by atoms with van der Waals surface area (Å²) < 4.78 is 35.8. The molecule has 1 fully saturated rings. The van der Waals surface area contributed by atoms with Crippen LogP contribution in [0.15, 0.2) is 36.7 Å². The molecular formula is C22H28F2N4O4. The molecule has 2 heterocycles. The number of piperazine rings is 1. The fourth-order valence-electron chi connectivity index (χ4n) is 3.43. The van der Waals surface area contributed by atoms with Crippen LogP contribution in [0.3, 0.4) is 0 Å². The molecule has 2 aromatic rings. The first-order valence-electron chi connectivity index (χ1n) is 10.4. The lowest BCUT2D eigenvalue weighted by Crippen LogP contribution is -2.52. The first-order valence-corrected chi connectivity index (χ1v) is 10.4. The van der Waals surface area contributed by atoms with Crippen molar-refractivity contribution in [2.45, 2.75) is 38.8 Å². The number of amides is 1. The second-order valence-electron chi connectivity index (χ2n) is 8.91. The zero-order valence-corrected chi connectivity index (χ0v) is 18.4. The minimum atomic E-state index is -3.01. The van der Waals surface area contributed by atoms with Crippen molar-refractivity contribution >= 4 is 12.1 Å². The van der Waals surface area contributed by atoms with Crippen LogP contribution in [-0.2, 0) is 11.3 Å². The van der Waals surface area contributed by atoms with Gasteiger partial charge >= 0.3 is 12.1 Å². The molecule has 32 heavy (non-hydrogen) atoms. The Kier molecular flexibility index (Phi) is 6.82. The third-order valence-corrected chi connectivity index (χ3v) is 4.97. The highest BCUT2D eigenvalue weighted by atomic mass is 19.3. The maximum absolute atomic E-state index is 14.7. The van der Waals surface area contributed by atoms with E-state index in [2.05, 4.69) is 5.10 Å². The Labute approximate surface area is 185 Å². The Bertz CT molecular complexity index is 946. The number of ether oxygens (including phenoxy) is 1. The Morgan fingerprint density at radius 3 is 2.22 bits per heavy atom. The van der Waals surface area contributed by atoms with E-state index in [9.17, 15) is 18.4 Å². The van der Waals surface area contributed by atoms with Crippen LogP contribution in [0.4, 0.5) is 13.6 Å². The highest BCUT2D eigenvalue weighted by Gasteiger charge is 2.35. The van der Waals surface area contributed by atoms with Crippen molar-refractivity contribution in [3.05, 3.63) is 42.2 Å². The standard InChI is InChI=1S/C22H28F2N4O4/c1-21(2,3)32-20(31)27-10-8-26(9-11-27)14-22(23,24)15-28-13-18(12-25-28)16-4-6-17(7-5-16)19(29)30/h4-7,12-13H,8-11,14-15H2,1-3H3,(H,29,30). The van der Waals surface area contributed by atoms with Crippen LogP contribution in [0.2, 0.25) is 0 Å². The predicted octanol–water partition coefficient (Wildman–Crippen LogP) is 3.44. The second kappa shape index (κ2) is 9.23. The average Bonchev–Trinajstić information content (AvgIpc) is 3.14. The summed E-state index contributed by atoms with van der Waals surface area (Å²) in [5.74, 6) is -4.04. The molecule has 0 atom stereocenters. The molecule has 0 spiro atoms. The topological polar surface area (TPSA) is 87.9 Å². The number of carbonyl (C=O) groups is 2. The number of nitrogens with zero attached hydrogens (tertiary/aromatic N) is 4. The molecule has 0 radical (unpaired) electrons. The van der Waals surface area contributed by atoms with Gasteiger partial charge in [-0.1, -0.05) is 12.1 Å². The number of rotatable bonds is 6. The van der Waals surface area contributed by atoms with E-state index in [1.54, 1.807) is 37.8 Å². The molecule has 1 aromatic heterocycles. The smallest absolute Gasteiger partial charge is 0.410 e. The second-order valence-corrected chi connectivity index (χ2v) is 8.91. The number of carbonyl (C=O) groups excluding carboxylic acids is 1. The molecule has 0 bridgehead atoms. The molecular weight excluding hydrogens is 422 g/mol. The molecule has 1 aromatic carbocycles. The zero-order chi connectivity index (χ0) is 23.5. The number of hydrogen-bond donors (Lipinski definition) is 1. The van der Waals surface area contributed by atoms with Crippen molar-refractivity contribution < 1.29 is 28.2 Å². The van der Waals surface area contributed by atoms with Gasteiger partial charge in [0.15, 0.2) is 0 Å². The number of carboxylic acid groups (broad SMARTS) is 1. The Hall–Kier alpha value is -3.01. The first-order chi connectivity index (χ1) is 14.9. The van der Waals surface area contributed by atoms with Gasteiger partial charge in [-0.2, -0.15) is 5.10 Å². The summed E-state index contributed by atoms with van der Waals surface area (Å²) in [4.78, 5) is 26.2. The summed E-state index contributed by atoms with van der Waals surface area (Å²) in [7, 11) is 0. The lowest BCUT2D eigenvalue weighted by atomic mass is 10.1. The molecule has 1 aliphatic rings. The maximum atomic E-state index is 14.7. The lowest BCUT2D eigenvalue weighted by Gasteiger charge is -2.36. The van der Waals surface area contributed by atoms with Gasteiger partial charge in [-0.25, -0.2) is 18.4 Å². The summed E-state index contributed by atoms with van der Waals surface area (Å²) in [6.45, 7) is 5.70. The van der Waals surface area contributed by atoms with Crippen molar-refractivity contribution in [3.8, 4) is 11.1 Å². The van der Waals surface area contributed by atoms with Gasteiger partial charge in [0.25, 0.3) is 5.92 Å². The number of hydrogen-bond acceptors (Lipinski definition) is 5. The number of benzene rings is 1. The highest BCUT2D eigenvalue weighted by Crippen LogP contribution is 2.23. The van der Waals surface area contributed by atoms with Gasteiger partial charge in [0.1, 0.15) is 12.1 Å². The summed E-state index contributed by atoms with van der Waals surface area (Å²) >= 11 is 0. The molecule has 0 saturated carbocycles. The normalized spacial score (nSPS) is 15.6. The van der Waals surface area contributed by atoms with Gasteiger partial charge in [0.05, 0.1) is 18.3 Å². The highest BCUT2D eigenvalue weighted by molar-refractivity contribution is 5.88. The molecule has 10 heteroatoms. The fourth-order valence-corrected chi connectivity index (χ4v) is 3.43. The Morgan fingerprint density at radius 1 is 1.03 bits per heavy atom. The average molecular weight is 450 g/mol. The van der Waals surface area contributed by atoms with Crippen molar-refractivity contribution in [2.24, 2.45) is 0 Å². The predicted molar refractivity (Wildman–Crippen MR) is 114 cm³/mol. The zero-order valence-electron chi connectivity index (χ0n) is 18.4. The van der Waals surface area contributed by atoms with E-state index in [0.29, 0.717) is 37.3 Å².